The Morgan fingerprint density at radius 3 is 1.50 bits per heavy atom. The molecule has 0 spiro atoms. The first-order valence-corrected chi connectivity index (χ1v) is 12.2. The number of hydrogen-bond acceptors (Lipinski definition) is 3. The molecule has 0 amide bonds. The van der Waals surface area contributed by atoms with Crippen molar-refractivity contribution in [3.05, 3.63) is 0 Å². The van der Waals surface area contributed by atoms with E-state index in [1.165, 1.54) is 83.5 Å². The Labute approximate surface area is 176 Å². The summed E-state index contributed by atoms with van der Waals surface area (Å²) in [5.41, 5.74) is 0.0578. The van der Waals surface area contributed by atoms with Gasteiger partial charge in [-0.2, -0.15) is 0 Å². The van der Waals surface area contributed by atoms with Gasteiger partial charge in [-0.15, -0.1) is 0 Å². The first kappa shape index (κ1) is 27.4. The summed E-state index contributed by atoms with van der Waals surface area (Å²) in [5.74, 6) is -0.155. The molecule has 0 bridgehead atoms. The number of ether oxygens (including phenoxy) is 1. The van der Waals surface area contributed by atoms with Crippen LogP contribution in [0.3, 0.4) is 0 Å². The summed E-state index contributed by atoms with van der Waals surface area (Å²) in [7, 11) is 0. The molecule has 28 heavy (non-hydrogen) atoms. The van der Waals surface area contributed by atoms with Gasteiger partial charge in [0, 0.05) is 6.42 Å². The van der Waals surface area contributed by atoms with E-state index in [9.17, 15) is 9.90 Å². The second-order valence-corrected chi connectivity index (χ2v) is 9.76. The monoisotopic (exact) mass is 398 g/mol. The molecular weight excluding hydrogens is 348 g/mol. The zero-order valence-corrected chi connectivity index (χ0v) is 19.6. The Kier molecular flexibility index (Phi) is 18.1. The van der Waals surface area contributed by atoms with Crippen LogP contribution >= 0.6 is 0 Å². The van der Waals surface area contributed by atoms with Crippen molar-refractivity contribution < 1.29 is 14.6 Å². The molecule has 1 N–H and O–H groups in total. The van der Waals surface area contributed by atoms with E-state index in [0.717, 1.165) is 12.8 Å². The maximum absolute atomic E-state index is 11.9. The second-order valence-electron chi connectivity index (χ2n) is 9.76. The van der Waals surface area contributed by atoms with Crippen molar-refractivity contribution in [2.24, 2.45) is 5.41 Å². The average Bonchev–Trinajstić information content (AvgIpc) is 2.63. The van der Waals surface area contributed by atoms with Crippen molar-refractivity contribution in [3.63, 3.8) is 0 Å². The van der Waals surface area contributed by atoms with Crippen molar-refractivity contribution in [2.75, 3.05) is 6.61 Å². The lowest BCUT2D eigenvalue weighted by Crippen LogP contribution is -2.27. The zero-order valence-electron chi connectivity index (χ0n) is 19.6. The second kappa shape index (κ2) is 18.5. The predicted octanol–water partition coefficient (Wildman–Crippen LogP) is 7.59. The first-order chi connectivity index (χ1) is 13.4. The summed E-state index contributed by atoms with van der Waals surface area (Å²) >= 11 is 0. The molecule has 1 unspecified atom stereocenters. The third kappa shape index (κ3) is 20.2. The number of unbranched alkanes of at least 4 members (excludes halogenated alkanes) is 14. The molecule has 0 aliphatic carbocycles. The third-order valence-corrected chi connectivity index (χ3v) is 5.33. The predicted molar refractivity (Wildman–Crippen MR) is 121 cm³/mol. The van der Waals surface area contributed by atoms with Gasteiger partial charge in [0.25, 0.3) is 0 Å². The van der Waals surface area contributed by atoms with E-state index in [4.69, 9.17) is 4.74 Å². The Morgan fingerprint density at radius 2 is 1.14 bits per heavy atom. The summed E-state index contributed by atoms with van der Waals surface area (Å²) in [6.45, 7) is 8.48. The molecule has 0 aromatic heterocycles. The smallest absolute Gasteiger partial charge is 0.306 e. The highest BCUT2D eigenvalue weighted by Crippen LogP contribution is 2.22. The van der Waals surface area contributed by atoms with Crippen LogP contribution < -0.4 is 0 Å². The standard InChI is InChI=1S/C25H50O3/c1-5-6-7-8-9-10-11-12-13-14-15-16-17-18-19-20-24(27)28-23(22-26)21-25(2,3)4/h23,26H,5-22H2,1-4H3. The molecule has 0 aliphatic heterocycles. The number of rotatable bonds is 19. The zero-order chi connectivity index (χ0) is 21.1. The minimum atomic E-state index is -0.358. The van der Waals surface area contributed by atoms with E-state index < -0.39 is 0 Å². The fraction of sp³-hybridized carbons (Fsp3) is 0.960. The Balaban J connectivity index is 3.37. The summed E-state index contributed by atoms with van der Waals surface area (Å²) < 4.78 is 5.41. The number of hydrogen-bond donors (Lipinski definition) is 1. The van der Waals surface area contributed by atoms with E-state index in [2.05, 4.69) is 27.7 Å². The summed E-state index contributed by atoms with van der Waals surface area (Å²) in [6, 6.07) is 0. The molecule has 3 nitrogen and oxygen atoms in total. The van der Waals surface area contributed by atoms with Crippen LogP contribution in [0.1, 0.15) is 137 Å². The van der Waals surface area contributed by atoms with Crippen LogP contribution in [0.2, 0.25) is 0 Å². The van der Waals surface area contributed by atoms with Gasteiger partial charge in [0.05, 0.1) is 6.61 Å². The molecule has 0 aliphatic rings. The normalized spacial score (nSPS) is 12.9. The number of aliphatic hydroxyl groups excluding tert-OH is 1. The first-order valence-electron chi connectivity index (χ1n) is 12.2. The Morgan fingerprint density at radius 1 is 0.750 bits per heavy atom. The van der Waals surface area contributed by atoms with E-state index in [-0.39, 0.29) is 24.1 Å². The number of carbonyl (C=O) groups excluding carboxylic acids is 1. The molecule has 0 saturated heterocycles. The van der Waals surface area contributed by atoms with Gasteiger partial charge in [-0.1, -0.05) is 118 Å². The average molecular weight is 399 g/mol. The Bertz CT molecular complexity index is 346. The van der Waals surface area contributed by atoms with Crippen molar-refractivity contribution >= 4 is 5.97 Å². The minimum absolute atomic E-state index is 0.0578. The summed E-state index contributed by atoms with van der Waals surface area (Å²) in [6.07, 6.45) is 20.7. The highest BCUT2D eigenvalue weighted by atomic mass is 16.5. The van der Waals surface area contributed by atoms with Gasteiger partial charge in [0.15, 0.2) is 0 Å². The topological polar surface area (TPSA) is 46.5 Å². The van der Waals surface area contributed by atoms with Crippen LogP contribution in [0.15, 0.2) is 0 Å². The van der Waals surface area contributed by atoms with E-state index in [1.807, 2.05) is 0 Å². The molecule has 0 aromatic carbocycles. The lowest BCUT2D eigenvalue weighted by Gasteiger charge is -2.24. The number of carbonyl (C=O) groups is 1. The van der Waals surface area contributed by atoms with E-state index >= 15 is 0 Å². The van der Waals surface area contributed by atoms with Gasteiger partial charge in [0.2, 0.25) is 0 Å². The van der Waals surface area contributed by atoms with Crippen LogP contribution in [0.4, 0.5) is 0 Å². The molecular formula is C25H50O3. The van der Waals surface area contributed by atoms with Crippen molar-refractivity contribution in [1.29, 1.82) is 0 Å². The van der Waals surface area contributed by atoms with Gasteiger partial charge in [-0.05, 0) is 18.3 Å². The SMILES string of the molecule is CCCCCCCCCCCCCCCCCC(=O)OC(CO)CC(C)(C)C. The lowest BCUT2D eigenvalue weighted by atomic mass is 9.89. The number of aliphatic hydroxyl groups is 1. The van der Waals surface area contributed by atoms with Crippen LogP contribution in [0, 0.1) is 5.41 Å². The van der Waals surface area contributed by atoms with Crippen LogP contribution in [0.25, 0.3) is 0 Å². The van der Waals surface area contributed by atoms with Gasteiger partial charge in [-0.25, -0.2) is 0 Å². The van der Waals surface area contributed by atoms with Crippen LogP contribution in [-0.2, 0) is 9.53 Å². The van der Waals surface area contributed by atoms with Crippen molar-refractivity contribution in [1.82, 2.24) is 0 Å². The van der Waals surface area contributed by atoms with E-state index in [0.29, 0.717) is 12.8 Å². The minimum Gasteiger partial charge on any atom is -0.460 e. The number of esters is 1. The molecule has 0 rings (SSSR count). The van der Waals surface area contributed by atoms with Gasteiger partial charge in [0.1, 0.15) is 6.10 Å². The fourth-order valence-corrected chi connectivity index (χ4v) is 3.71. The molecule has 168 valence electrons. The van der Waals surface area contributed by atoms with Gasteiger partial charge >= 0.3 is 5.97 Å². The molecule has 0 aromatic rings. The Hall–Kier alpha value is -0.570. The van der Waals surface area contributed by atoms with Crippen molar-refractivity contribution in [3.8, 4) is 0 Å². The van der Waals surface area contributed by atoms with Crippen molar-refractivity contribution in [2.45, 2.75) is 143 Å². The maximum atomic E-state index is 11.9. The third-order valence-electron chi connectivity index (χ3n) is 5.33. The van der Waals surface area contributed by atoms with Crippen LogP contribution in [-0.4, -0.2) is 23.8 Å². The van der Waals surface area contributed by atoms with Gasteiger partial charge < -0.3 is 9.84 Å². The quantitative estimate of drug-likeness (QED) is 0.180. The summed E-state index contributed by atoms with van der Waals surface area (Å²) in [5, 5.41) is 9.36. The van der Waals surface area contributed by atoms with E-state index in [1.54, 1.807) is 0 Å². The fourth-order valence-electron chi connectivity index (χ4n) is 3.71. The maximum Gasteiger partial charge on any atom is 0.306 e. The molecule has 1 atom stereocenters. The lowest BCUT2D eigenvalue weighted by molar-refractivity contribution is -0.152. The highest BCUT2D eigenvalue weighted by molar-refractivity contribution is 5.69. The molecule has 0 heterocycles. The highest BCUT2D eigenvalue weighted by Gasteiger charge is 2.21. The van der Waals surface area contributed by atoms with Gasteiger partial charge in [-0.3, -0.25) is 4.79 Å². The molecule has 0 fully saturated rings. The molecule has 3 heteroatoms. The molecule has 0 radical (unpaired) electrons. The largest absolute Gasteiger partial charge is 0.460 e. The van der Waals surface area contributed by atoms with Crippen LogP contribution in [0.5, 0.6) is 0 Å². The molecule has 0 saturated carbocycles. The summed E-state index contributed by atoms with van der Waals surface area (Å²) in [4.78, 5) is 11.9.